The van der Waals surface area contributed by atoms with E-state index in [9.17, 15) is 4.79 Å². The Morgan fingerprint density at radius 1 is 1.17 bits per heavy atom. The molecule has 29 heavy (non-hydrogen) atoms. The average molecular weight is 393 g/mol. The fraction of sp³-hybridized carbons (Fsp3) is 0.304. The number of carbonyl (C=O) groups excluding carboxylic acids is 1. The highest BCUT2D eigenvalue weighted by Gasteiger charge is 2.08. The van der Waals surface area contributed by atoms with Crippen LogP contribution in [0.3, 0.4) is 0 Å². The van der Waals surface area contributed by atoms with E-state index in [0.29, 0.717) is 19.6 Å². The van der Waals surface area contributed by atoms with Crippen LogP contribution >= 0.6 is 0 Å². The number of methoxy groups -OCH3 is 1. The Morgan fingerprint density at radius 2 is 1.93 bits per heavy atom. The topological polar surface area (TPSA) is 65.4 Å². The van der Waals surface area contributed by atoms with Crippen molar-refractivity contribution in [3.63, 3.8) is 0 Å². The largest absolute Gasteiger partial charge is 0.497 e. The van der Waals surface area contributed by atoms with Gasteiger partial charge < -0.3 is 19.4 Å². The molecular formula is C23H27N3O3. The van der Waals surface area contributed by atoms with Gasteiger partial charge in [-0.2, -0.15) is 0 Å². The second kappa shape index (κ2) is 9.78. The molecule has 152 valence electrons. The summed E-state index contributed by atoms with van der Waals surface area (Å²) in [6.07, 6.45) is 4.96. The number of carbonyl (C=O) groups is 1. The van der Waals surface area contributed by atoms with E-state index >= 15 is 0 Å². The van der Waals surface area contributed by atoms with E-state index in [0.717, 1.165) is 40.3 Å². The average Bonchev–Trinajstić information content (AvgIpc) is 3.06. The van der Waals surface area contributed by atoms with E-state index in [1.807, 2.05) is 54.1 Å². The molecule has 0 bridgehead atoms. The molecule has 1 heterocycles. The van der Waals surface area contributed by atoms with Crippen LogP contribution in [-0.2, 0) is 18.3 Å². The summed E-state index contributed by atoms with van der Waals surface area (Å²) in [5.74, 6) is 2.41. The highest BCUT2D eigenvalue weighted by molar-refractivity contribution is 5.91. The van der Waals surface area contributed by atoms with Crippen LogP contribution < -0.4 is 14.8 Å². The third kappa shape index (κ3) is 5.38. The van der Waals surface area contributed by atoms with Crippen molar-refractivity contribution in [3.05, 3.63) is 59.9 Å². The maximum absolute atomic E-state index is 12.1. The van der Waals surface area contributed by atoms with Crippen molar-refractivity contribution >= 4 is 23.0 Å². The summed E-state index contributed by atoms with van der Waals surface area (Å²) in [5, 5.41) is 2.91. The summed E-state index contributed by atoms with van der Waals surface area (Å²) in [5.41, 5.74) is 2.88. The number of nitrogens with zero attached hydrogens (tertiary/aromatic N) is 2. The Bertz CT molecular complexity index is 991. The van der Waals surface area contributed by atoms with Gasteiger partial charge >= 0.3 is 0 Å². The zero-order valence-corrected chi connectivity index (χ0v) is 17.1. The molecule has 1 aromatic heterocycles. The Morgan fingerprint density at radius 3 is 2.66 bits per heavy atom. The number of amides is 1. The minimum Gasteiger partial charge on any atom is -0.497 e. The number of hydrogen-bond acceptors (Lipinski definition) is 4. The van der Waals surface area contributed by atoms with Gasteiger partial charge in [-0.1, -0.05) is 19.1 Å². The SMILES string of the molecule is CCCOc1ccc(/C=C/C(=O)NCCc2nc3cc(OC)ccc3n2C)cc1. The zero-order chi connectivity index (χ0) is 20.6. The van der Waals surface area contributed by atoms with Gasteiger partial charge in [-0.3, -0.25) is 4.79 Å². The number of hydrogen-bond donors (Lipinski definition) is 1. The quantitative estimate of drug-likeness (QED) is 0.563. The van der Waals surface area contributed by atoms with E-state index < -0.39 is 0 Å². The van der Waals surface area contributed by atoms with Crippen molar-refractivity contribution in [3.8, 4) is 11.5 Å². The Kier molecular flexibility index (Phi) is 6.89. The molecular weight excluding hydrogens is 366 g/mol. The van der Waals surface area contributed by atoms with E-state index in [1.54, 1.807) is 19.3 Å². The molecule has 6 nitrogen and oxygen atoms in total. The second-order valence-electron chi connectivity index (χ2n) is 6.73. The molecule has 0 radical (unpaired) electrons. The molecule has 2 aromatic carbocycles. The molecule has 0 saturated carbocycles. The maximum atomic E-state index is 12.1. The van der Waals surface area contributed by atoms with Crippen molar-refractivity contribution in [2.45, 2.75) is 19.8 Å². The van der Waals surface area contributed by atoms with E-state index in [2.05, 4.69) is 17.2 Å². The predicted octanol–water partition coefficient (Wildman–Crippen LogP) is 3.74. The number of imidazole rings is 1. The summed E-state index contributed by atoms with van der Waals surface area (Å²) >= 11 is 0. The first-order valence-electron chi connectivity index (χ1n) is 9.79. The first-order valence-corrected chi connectivity index (χ1v) is 9.79. The van der Waals surface area contributed by atoms with Crippen LogP contribution in [0.1, 0.15) is 24.7 Å². The molecule has 0 spiro atoms. The van der Waals surface area contributed by atoms with E-state index in [4.69, 9.17) is 9.47 Å². The number of benzene rings is 2. The summed E-state index contributed by atoms with van der Waals surface area (Å²) in [4.78, 5) is 16.7. The van der Waals surface area contributed by atoms with Crippen molar-refractivity contribution in [1.82, 2.24) is 14.9 Å². The molecule has 3 aromatic rings. The lowest BCUT2D eigenvalue weighted by Gasteiger charge is -2.04. The zero-order valence-electron chi connectivity index (χ0n) is 17.1. The molecule has 1 N–H and O–H groups in total. The molecule has 0 saturated heterocycles. The van der Waals surface area contributed by atoms with Crippen molar-refractivity contribution in [2.75, 3.05) is 20.3 Å². The highest BCUT2D eigenvalue weighted by Crippen LogP contribution is 2.21. The first kappa shape index (κ1) is 20.5. The molecule has 0 unspecified atom stereocenters. The highest BCUT2D eigenvalue weighted by atomic mass is 16.5. The molecule has 0 atom stereocenters. The van der Waals surface area contributed by atoms with Gasteiger partial charge in [0.1, 0.15) is 17.3 Å². The molecule has 3 rings (SSSR count). The van der Waals surface area contributed by atoms with Gasteiger partial charge in [-0.25, -0.2) is 4.98 Å². The van der Waals surface area contributed by atoms with E-state index in [1.165, 1.54) is 0 Å². The standard InChI is InChI=1S/C23H27N3O3/c1-4-15-29-18-8-5-17(6-9-18)7-12-23(27)24-14-13-22-25-20-16-19(28-3)10-11-21(20)26(22)2/h5-12,16H,4,13-15H2,1-3H3,(H,24,27)/b12-7+. The number of fused-ring (bicyclic) bond motifs is 1. The number of rotatable bonds is 9. The summed E-state index contributed by atoms with van der Waals surface area (Å²) in [6.45, 7) is 3.29. The minimum atomic E-state index is -0.128. The molecule has 1 amide bonds. The Balaban J connectivity index is 1.51. The van der Waals surface area contributed by atoms with Crippen molar-refractivity contribution in [1.29, 1.82) is 0 Å². The van der Waals surface area contributed by atoms with Crippen LogP contribution in [0.4, 0.5) is 0 Å². The van der Waals surface area contributed by atoms with Crippen molar-refractivity contribution < 1.29 is 14.3 Å². The fourth-order valence-corrected chi connectivity index (χ4v) is 3.00. The smallest absolute Gasteiger partial charge is 0.244 e. The van der Waals surface area contributed by atoms with Gasteiger partial charge in [0.15, 0.2) is 0 Å². The molecule has 0 aliphatic carbocycles. The minimum absolute atomic E-state index is 0.128. The Labute approximate surface area is 171 Å². The maximum Gasteiger partial charge on any atom is 0.244 e. The normalized spacial score (nSPS) is 11.1. The van der Waals surface area contributed by atoms with Crippen LogP contribution in [0.25, 0.3) is 17.1 Å². The van der Waals surface area contributed by atoms with Crippen LogP contribution in [0, 0.1) is 0 Å². The predicted molar refractivity (Wildman–Crippen MR) is 115 cm³/mol. The Hall–Kier alpha value is -3.28. The van der Waals surface area contributed by atoms with Crippen LogP contribution in [0.5, 0.6) is 11.5 Å². The van der Waals surface area contributed by atoms with Crippen LogP contribution in [0.15, 0.2) is 48.5 Å². The van der Waals surface area contributed by atoms with Gasteiger partial charge in [0.25, 0.3) is 0 Å². The van der Waals surface area contributed by atoms with Crippen molar-refractivity contribution in [2.24, 2.45) is 7.05 Å². The molecule has 0 aliphatic rings. The first-order chi connectivity index (χ1) is 14.1. The van der Waals surface area contributed by atoms with Gasteiger partial charge in [0, 0.05) is 32.2 Å². The third-order valence-electron chi connectivity index (χ3n) is 4.61. The van der Waals surface area contributed by atoms with Crippen LogP contribution in [0.2, 0.25) is 0 Å². The summed E-state index contributed by atoms with van der Waals surface area (Å²) in [6, 6.07) is 13.5. The second-order valence-corrected chi connectivity index (χ2v) is 6.73. The lowest BCUT2D eigenvalue weighted by atomic mass is 10.2. The lowest BCUT2D eigenvalue weighted by molar-refractivity contribution is -0.116. The summed E-state index contributed by atoms with van der Waals surface area (Å²) in [7, 11) is 3.62. The number of ether oxygens (including phenoxy) is 2. The fourth-order valence-electron chi connectivity index (χ4n) is 3.00. The van der Waals surface area contributed by atoms with Gasteiger partial charge in [0.05, 0.1) is 24.8 Å². The number of nitrogens with one attached hydrogen (secondary N) is 1. The number of aromatic nitrogens is 2. The van der Waals surface area contributed by atoms with E-state index in [-0.39, 0.29) is 5.91 Å². The van der Waals surface area contributed by atoms with Gasteiger partial charge in [0.2, 0.25) is 5.91 Å². The monoisotopic (exact) mass is 393 g/mol. The lowest BCUT2D eigenvalue weighted by Crippen LogP contribution is -2.24. The van der Waals surface area contributed by atoms with Gasteiger partial charge in [-0.05, 0) is 42.3 Å². The summed E-state index contributed by atoms with van der Waals surface area (Å²) < 4.78 is 12.8. The van der Waals surface area contributed by atoms with Gasteiger partial charge in [-0.15, -0.1) is 0 Å². The van der Waals surface area contributed by atoms with Crippen LogP contribution in [-0.4, -0.2) is 35.7 Å². The molecule has 6 heteroatoms. The third-order valence-corrected chi connectivity index (χ3v) is 4.61. The number of aryl methyl sites for hydroxylation is 1. The molecule has 0 fully saturated rings. The molecule has 0 aliphatic heterocycles.